The highest BCUT2D eigenvalue weighted by atomic mass is 79.9. The number of rotatable bonds is 6. The van der Waals surface area contributed by atoms with Gasteiger partial charge in [-0.1, -0.05) is 65.1 Å². The van der Waals surface area contributed by atoms with Gasteiger partial charge in [0.15, 0.2) is 0 Å². The van der Waals surface area contributed by atoms with Gasteiger partial charge in [-0.25, -0.2) is 4.99 Å². The van der Waals surface area contributed by atoms with Crippen molar-refractivity contribution in [3.8, 4) is 0 Å². The fourth-order valence-corrected chi connectivity index (χ4v) is 3.78. The molecule has 0 spiro atoms. The minimum absolute atomic E-state index is 0.188. The summed E-state index contributed by atoms with van der Waals surface area (Å²) in [5, 5.41) is 7.29. The molecule has 0 bridgehead atoms. The molecule has 2 N–H and O–H groups in total. The van der Waals surface area contributed by atoms with Crippen LogP contribution in [0, 0.1) is 12.8 Å². The van der Waals surface area contributed by atoms with Gasteiger partial charge in [0.05, 0.1) is 10.0 Å². The number of aliphatic imine (C=N–C) groups is 1. The van der Waals surface area contributed by atoms with Gasteiger partial charge in [0.25, 0.3) is 5.91 Å². The summed E-state index contributed by atoms with van der Waals surface area (Å²) < 4.78 is 0.952. The molecule has 4 nitrogen and oxygen atoms in total. The van der Waals surface area contributed by atoms with Gasteiger partial charge in [-0.05, 0) is 66.9 Å². The van der Waals surface area contributed by atoms with E-state index in [1.165, 1.54) is 0 Å². The van der Waals surface area contributed by atoms with E-state index in [9.17, 15) is 4.79 Å². The van der Waals surface area contributed by atoms with E-state index in [-0.39, 0.29) is 5.91 Å². The minimum atomic E-state index is -0.188. The van der Waals surface area contributed by atoms with Crippen LogP contribution in [0.2, 0.25) is 10.0 Å². The second-order valence-electron chi connectivity index (χ2n) is 7.84. The Morgan fingerprint density at radius 2 is 1.66 bits per heavy atom. The molecule has 0 fully saturated rings. The molecule has 0 saturated carbocycles. The lowest BCUT2D eigenvalue weighted by molar-refractivity contribution is 0.102. The summed E-state index contributed by atoms with van der Waals surface area (Å²) in [4.78, 5) is 17.5. The molecule has 3 aromatic rings. The fourth-order valence-electron chi connectivity index (χ4n) is 3.03. The van der Waals surface area contributed by atoms with Crippen LogP contribution in [0.3, 0.4) is 0 Å². The van der Waals surface area contributed by atoms with Crippen LogP contribution in [0.25, 0.3) is 0 Å². The molecule has 3 rings (SSSR count). The van der Waals surface area contributed by atoms with E-state index < -0.39 is 0 Å². The Labute approximate surface area is 207 Å². The molecule has 0 aliphatic rings. The number of para-hydroxylation sites is 1. The second kappa shape index (κ2) is 11.0. The maximum absolute atomic E-state index is 12.8. The maximum Gasteiger partial charge on any atom is 0.255 e. The van der Waals surface area contributed by atoms with Crippen LogP contribution < -0.4 is 10.6 Å². The summed E-state index contributed by atoms with van der Waals surface area (Å²) in [6.45, 7) is 6.20. The minimum Gasteiger partial charge on any atom is -0.343 e. The molecule has 0 heterocycles. The Hall–Kier alpha value is -2.34. The predicted octanol–water partition coefficient (Wildman–Crippen LogP) is 8.50. The number of hydrogen-bond acceptors (Lipinski definition) is 2. The van der Waals surface area contributed by atoms with Crippen LogP contribution in [-0.4, -0.2) is 11.7 Å². The molecular formula is C25H24BrCl2N3O. The Morgan fingerprint density at radius 1 is 1.00 bits per heavy atom. The van der Waals surface area contributed by atoms with Crippen LogP contribution in [0.1, 0.15) is 36.2 Å². The van der Waals surface area contributed by atoms with Gasteiger partial charge in [0.2, 0.25) is 0 Å². The molecule has 0 unspecified atom stereocenters. The van der Waals surface area contributed by atoms with Crippen molar-refractivity contribution >= 4 is 67.9 Å². The molecular weight excluding hydrogens is 509 g/mol. The predicted molar refractivity (Wildman–Crippen MR) is 140 cm³/mol. The molecule has 32 heavy (non-hydrogen) atoms. The van der Waals surface area contributed by atoms with E-state index in [2.05, 4.69) is 40.4 Å². The zero-order chi connectivity index (χ0) is 23.3. The number of aryl methyl sites for hydroxylation is 1. The normalized spacial score (nSPS) is 11.5. The number of amides is 1. The quantitative estimate of drug-likeness (QED) is 0.247. The Balaban J connectivity index is 1.89. The molecule has 0 atom stereocenters. The first kappa shape index (κ1) is 24.3. The lowest BCUT2D eigenvalue weighted by atomic mass is 10.1. The summed E-state index contributed by atoms with van der Waals surface area (Å²) in [5.41, 5.74) is 3.59. The molecule has 0 saturated heterocycles. The van der Waals surface area contributed by atoms with Gasteiger partial charge in [-0.3, -0.25) is 4.79 Å². The Bertz CT molecular complexity index is 1120. The van der Waals surface area contributed by atoms with Gasteiger partial charge >= 0.3 is 0 Å². The molecule has 166 valence electrons. The summed E-state index contributed by atoms with van der Waals surface area (Å²) >= 11 is 16.0. The molecule has 7 heteroatoms. The number of carbonyl (C=O) groups is 1. The van der Waals surface area contributed by atoms with Crippen molar-refractivity contribution in [1.29, 1.82) is 0 Å². The Morgan fingerprint density at radius 3 is 2.28 bits per heavy atom. The lowest BCUT2D eigenvalue weighted by Gasteiger charge is -2.16. The number of nitrogens with one attached hydrogen (secondary N) is 2. The molecule has 0 radical (unpaired) electrons. The first-order chi connectivity index (χ1) is 15.2. The van der Waals surface area contributed by atoms with Gasteiger partial charge in [-0.2, -0.15) is 0 Å². The standard InChI is InChI=1S/C25H24BrCl2N3O/c1-15(2)13-23(31-24-20(27)5-4-6-21(24)28)30-22-14-17(8-7-16(22)3)25(32)29-19-11-9-18(26)10-12-19/h4-12,14-15H,13H2,1-3H3,(H,29,32)(H,30,31). The molecule has 0 aliphatic carbocycles. The van der Waals surface area contributed by atoms with Crippen LogP contribution >= 0.6 is 39.1 Å². The lowest BCUT2D eigenvalue weighted by Crippen LogP contribution is -2.17. The van der Waals surface area contributed by atoms with Crippen LogP contribution in [0.5, 0.6) is 0 Å². The summed E-state index contributed by atoms with van der Waals surface area (Å²) in [6.07, 6.45) is 0.691. The van der Waals surface area contributed by atoms with Crippen LogP contribution in [0.4, 0.5) is 17.1 Å². The highest BCUT2D eigenvalue weighted by molar-refractivity contribution is 9.10. The average Bonchev–Trinajstić information content (AvgIpc) is 2.73. The number of anilines is 2. The van der Waals surface area contributed by atoms with Gasteiger partial charge in [-0.15, -0.1) is 0 Å². The van der Waals surface area contributed by atoms with E-state index in [0.717, 1.165) is 27.2 Å². The van der Waals surface area contributed by atoms with Gasteiger partial charge in [0, 0.05) is 27.8 Å². The van der Waals surface area contributed by atoms with Crippen molar-refractivity contribution in [2.24, 2.45) is 10.9 Å². The maximum atomic E-state index is 12.8. The number of nitrogens with zero attached hydrogens (tertiary/aromatic N) is 1. The van der Waals surface area contributed by atoms with Gasteiger partial charge < -0.3 is 10.6 Å². The smallest absolute Gasteiger partial charge is 0.255 e. The number of halogens is 3. The van der Waals surface area contributed by atoms with E-state index in [1.54, 1.807) is 24.3 Å². The monoisotopic (exact) mass is 531 g/mol. The number of carbonyl (C=O) groups excluding carboxylic acids is 1. The largest absolute Gasteiger partial charge is 0.343 e. The topological polar surface area (TPSA) is 53.5 Å². The third-order valence-corrected chi connectivity index (χ3v) is 5.81. The summed E-state index contributed by atoms with van der Waals surface area (Å²) in [5.74, 6) is 0.891. The molecule has 0 aliphatic heterocycles. The number of benzene rings is 3. The summed E-state index contributed by atoms with van der Waals surface area (Å²) in [7, 11) is 0. The third-order valence-electron chi connectivity index (χ3n) is 4.67. The zero-order valence-electron chi connectivity index (χ0n) is 18.0. The molecule has 1 amide bonds. The van der Waals surface area contributed by atoms with E-state index >= 15 is 0 Å². The van der Waals surface area contributed by atoms with Crippen molar-refractivity contribution in [3.05, 3.63) is 86.3 Å². The van der Waals surface area contributed by atoms with Gasteiger partial charge in [0.1, 0.15) is 11.5 Å². The first-order valence-electron chi connectivity index (χ1n) is 10.2. The number of amidine groups is 1. The Kier molecular flexibility index (Phi) is 8.35. The van der Waals surface area contributed by atoms with E-state index in [4.69, 9.17) is 28.2 Å². The van der Waals surface area contributed by atoms with Crippen LogP contribution in [0.15, 0.2) is 70.1 Å². The van der Waals surface area contributed by atoms with Crippen LogP contribution in [-0.2, 0) is 0 Å². The van der Waals surface area contributed by atoms with Crippen molar-refractivity contribution < 1.29 is 4.79 Å². The third kappa shape index (κ3) is 6.58. The fraction of sp³-hybridized carbons (Fsp3) is 0.200. The second-order valence-corrected chi connectivity index (χ2v) is 9.57. The highest BCUT2D eigenvalue weighted by Crippen LogP contribution is 2.33. The average molecular weight is 533 g/mol. The zero-order valence-corrected chi connectivity index (χ0v) is 21.1. The van der Waals surface area contributed by atoms with E-state index in [1.807, 2.05) is 43.3 Å². The van der Waals surface area contributed by atoms with Crippen molar-refractivity contribution in [3.63, 3.8) is 0 Å². The highest BCUT2D eigenvalue weighted by Gasteiger charge is 2.13. The number of hydrogen-bond donors (Lipinski definition) is 2. The molecule has 3 aromatic carbocycles. The van der Waals surface area contributed by atoms with Crippen molar-refractivity contribution in [1.82, 2.24) is 0 Å². The molecule has 0 aromatic heterocycles. The SMILES string of the molecule is Cc1ccc(C(=O)Nc2ccc(Br)cc2)cc1NC(CC(C)C)=Nc1c(Cl)cccc1Cl. The van der Waals surface area contributed by atoms with E-state index in [0.29, 0.717) is 33.6 Å². The van der Waals surface area contributed by atoms with Crippen molar-refractivity contribution in [2.45, 2.75) is 27.2 Å². The van der Waals surface area contributed by atoms with Crippen molar-refractivity contribution in [2.75, 3.05) is 10.6 Å². The summed E-state index contributed by atoms with van der Waals surface area (Å²) in [6, 6.07) is 18.3. The first-order valence-corrected chi connectivity index (χ1v) is 11.7.